The molecule has 0 aliphatic rings. The summed E-state index contributed by atoms with van der Waals surface area (Å²) in [6, 6.07) is 15.8. The largest absolute Gasteiger partial charge is 0.355 e. The van der Waals surface area contributed by atoms with Crippen LogP contribution in [-0.2, 0) is 17.6 Å². The van der Waals surface area contributed by atoms with E-state index in [1.165, 1.54) is 0 Å². The summed E-state index contributed by atoms with van der Waals surface area (Å²) in [5.74, 6) is -0.938. The zero-order chi connectivity index (χ0) is 16.8. The van der Waals surface area contributed by atoms with Crippen LogP contribution in [0.5, 0.6) is 0 Å². The number of nitrogens with one attached hydrogen (secondary N) is 2. The van der Waals surface area contributed by atoms with Gasteiger partial charge in [0.25, 0.3) is 0 Å². The van der Waals surface area contributed by atoms with Crippen molar-refractivity contribution in [2.45, 2.75) is 12.8 Å². The van der Waals surface area contributed by atoms with E-state index in [0.29, 0.717) is 13.0 Å². The molecule has 0 spiro atoms. The summed E-state index contributed by atoms with van der Waals surface area (Å²) >= 11 is 0. The van der Waals surface area contributed by atoms with Crippen molar-refractivity contribution in [1.29, 1.82) is 5.26 Å². The summed E-state index contributed by atoms with van der Waals surface area (Å²) in [5.41, 5.74) is 2.87. The number of hydrogen-bond acceptors (Lipinski definition) is 3. The van der Waals surface area contributed by atoms with Gasteiger partial charge in [-0.05, 0) is 36.1 Å². The second kappa shape index (κ2) is 7.42. The Morgan fingerprint density at radius 2 is 2.08 bits per heavy atom. The molecule has 1 aromatic carbocycles. The molecule has 2 N–H and O–H groups in total. The quantitative estimate of drug-likeness (QED) is 0.733. The van der Waals surface area contributed by atoms with Crippen molar-refractivity contribution in [3.63, 3.8) is 0 Å². The number of aromatic amines is 1. The molecule has 3 rings (SSSR count). The number of rotatable bonds is 6. The van der Waals surface area contributed by atoms with Crippen LogP contribution in [0.1, 0.15) is 11.1 Å². The first kappa shape index (κ1) is 15.8. The Morgan fingerprint density at radius 1 is 1.25 bits per heavy atom. The van der Waals surface area contributed by atoms with Crippen molar-refractivity contribution in [3.05, 3.63) is 66.0 Å². The topological polar surface area (TPSA) is 81.6 Å². The normalized spacial score (nSPS) is 11.8. The summed E-state index contributed by atoms with van der Waals surface area (Å²) in [5, 5.41) is 13.2. The summed E-state index contributed by atoms with van der Waals surface area (Å²) in [6.45, 7) is 0.524. The van der Waals surface area contributed by atoms with Gasteiger partial charge in [-0.25, -0.2) is 4.98 Å². The van der Waals surface area contributed by atoms with Crippen molar-refractivity contribution < 1.29 is 4.79 Å². The Morgan fingerprint density at radius 3 is 2.88 bits per heavy atom. The van der Waals surface area contributed by atoms with Gasteiger partial charge in [0.15, 0.2) is 0 Å². The van der Waals surface area contributed by atoms with E-state index in [0.717, 1.165) is 28.6 Å². The molecule has 1 amide bonds. The van der Waals surface area contributed by atoms with Gasteiger partial charge in [-0.2, -0.15) is 5.26 Å². The number of benzene rings is 1. The monoisotopic (exact) mass is 318 g/mol. The maximum atomic E-state index is 12.3. The standard InChI is InChI=1S/C19H18N4O/c20-12-15(11-16-13-23-18-17(16)7-4-9-21-18)19(24)22-10-8-14-5-2-1-3-6-14/h1-7,9,13,15H,8,10-11H2,(H,21,23)(H,22,24). The van der Waals surface area contributed by atoms with Crippen LogP contribution in [-0.4, -0.2) is 22.4 Å². The Kier molecular flexibility index (Phi) is 4.87. The number of amides is 1. The summed E-state index contributed by atoms with van der Waals surface area (Å²) in [4.78, 5) is 19.6. The van der Waals surface area contributed by atoms with Crippen LogP contribution in [0.2, 0.25) is 0 Å². The highest BCUT2D eigenvalue weighted by Gasteiger charge is 2.19. The van der Waals surface area contributed by atoms with Crippen LogP contribution in [0.25, 0.3) is 11.0 Å². The highest BCUT2D eigenvalue weighted by Crippen LogP contribution is 2.19. The van der Waals surface area contributed by atoms with E-state index in [9.17, 15) is 10.1 Å². The number of nitriles is 1. The van der Waals surface area contributed by atoms with E-state index in [-0.39, 0.29) is 5.91 Å². The Hall–Kier alpha value is -3.13. The summed E-state index contributed by atoms with van der Waals surface area (Å²) in [6.07, 6.45) is 4.65. The van der Waals surface area contributed by atoms with Crippen LogP contribution in [0.15, 0.2) is 54.9 Å². The lowest BCUT2D eigenvalue weighted by atomic mass is 10.00. The van der Waals surface area contributed by atoms with Gasteiger partial charge in [0.2, 0.25) is 5.91 Å². The second-order valence-electron chi connectivity index (χ2n) is 5.63. The van der Waals surface area contributed by atoms with Crippen LogP contribution in [0, 0.1) is 17.2 Å². The average molecular weight is 318 g/mol. The number of pyridine rings is 1. The van der Waals surface area contributed by atoms with Crippen molar-refractivity contribution in [1.82, 2.24) is 15.3 Å². The van der Waals surface area contributed by atoms with E-state index < -0.39 is 5.92 Å². The number of aromatic nitrogens is 2. The predicted molar refractivity (Wildman–Crippen MR) is 92.1 cm³/mol. The van der Waals surface area contributed by atoms with Gasteiger partial charge < -0.3 is 10.3 Å². The van der Waals surface area contributed by atoms with Crippen molar-refractivity contribution in [2.75, 3.05) is 6.54 Å². The molecule has 0 aliphatic carbocycles. The minimum absolute atomic E-state index is 0.230. The smallest absolute Gasteiger partial charge is 0.237 e. The SMILES string of the molecule is N#CC(Cc1c[nH]c2ncccc12)C(=O)NCCc1ccccc1. The summed E-state index contributed by atoms with van der Waals surface area (Å²) in [7, 11) is 0. The lowest BCUT2D eigenvalue weighted by Gasteiger charge is -2.10. The Bertz CT molecular complexity index is 864. The lowest BCUT2D eigenvalue weighted by molar-refractivity contribution is -0.123. The molecule has 0 aliphatic heterocycles. The number of carbonyl (C=O) groups is 1. The first-order valence-electron chi connectivity index (χ1n) is 7.90. The molecule has 1 atom stereocenters. The lowest BCUT2D eigenvalue weighted by Crippen LogP contribution is -2.32. The molecule has 2 heterocycles. The van der Waals surface area contributed by atoms with Crippen LogP contribution >= 0.6 is 0 Å². The number of fused-ring (bicyclic) bond motifs is 1. The number of hydrogen-bond donors (Lipinski definition) is 2. The third-order valence-corrected chi connectivity index (χ3v) is 3.99. The maximum absolute atomic E-state index is 12.3. The van der Waals surface area contributed by atoms with Gasteiger partial charge in [0.05, 0.1) is 6.07 Å². The Balaban J connectivity index is 1.59. The number of nitrogens with zero attached hydrogens (tertiary/aromatic N) is 2. The van der Waals surface area contributed by atoms with Crippen molar-refractivity contribution >= 4 is 16.9 Å². The molecule has 0 saturated carbocycles. The van der Waals surface area contributed by atoms with Crippen LogP contribution < -0.4 is 5.32 Å². The third-order valence-electron chi connectivity index (χ3n) is 3.99. The van der Waals surface area contributed by atoms with Gasteiger partial charge in [0, 0.05) is 24.3 Å². The zero-order valence-corrected chi connectivity index (χ0v) is 13.2. The average Bonchev–Trinajstić information content (AvgIpc) is 3.03. The molecule has 0 radical (unpaired) electrons. The number of carbonyl (C=O) groups excluding carboxylic acids is 1. The number of H-pyrrole nitrogens is 1. The molecule has 5 nitrogen and oxygen atoms in total. The minimum Gasteiger partial charge on any atom is -0.355 e. The molecule has 1 unspecified atom stereocenters. The zero-order valence-electron chi connectivity index (χ0n) is 13.2. The first-order valence-corrected chi connectivity index (χ1v) is 7.90. The first-order chi connectivity index (χ1) is 11.8. The van der Waals surface area contributed by atoms with Gasteiger partial charge in [0.1, 0.15) is 11.6 Å². The summed E-state index contributed by atoms with van der Waals surface area (Å²) < 4.78 is 0. The van der Waals surface area contributed by atoms with E-state index in [4.69, 9.17) is 0 Å². The molecule has 3 aromatic rings. The molecule has 0 fully saturated rings. The van der Waals surface area contributed by atoms with E-state index >= 15 is 0 Å². The second-order valence-corrected chi connectivity index (χ2v) is 5.63. The van der Waals surface area contributed by atoms with Crippen LogP contribution in [0.3, 0.4) is 0 Å². The van der Waals surface area contributed by atoms with Gasteiger partial charge in [-0.15, -0.1) is 0 Å². The molecule has 24 heavy (non-hydrogen) atoms. The van der Waals surface area contributed by atoms with E-state index in [1.807, 2.05) is 48.7 Å². The van der Waals surface area contributed by atoms with E-state index in [2.05, 4.69) is 21.4 Å². The van der Waals surface area contributed by atoms with E-state index in [1.54, 1.807) is 6.20 Å². The predicted octanol–water partition coefficient (Wildman–Crippen LogP) is 2.60. The third kappa shape index (κ3) is 3.61. The van der Waals surface area contributed by atoms with Crippen molar-refractivity contribution in [2.24, 2.45) is 5.92 Å². The van der Waals surface area contributed by atoms with Crippen molar-refractivity contribution in [3.8, 4) is 6.07 Å². The highest BCUT2D eigenvalue weighted by molar-refractivity contribution is 5.84. The fourth-order valence-corrected chi connectivity index (χ4v) is 2.70. The van der Waals surface area contributed by atoms with Crippen LogP contribution in [0.4, 0.5) is 0 Å². The molecular formula is C19H18N4O. The minimum atomic E-state index is -0.708. The molecule has 120 valence electrons. The Labute approximate surface area is 140 Å². The molecule has 0 saturated heterocycles. The van der Waals surface area contributed by atoms with Gasteiger partial charge in [-0.1, -0.05) is 30.3 Å². The van der Waals surface area contributed by atoms with Gasteiger partial charge >= 0.3 is 0 Å². The molecule has 0 bridgehead atoms. The highest BCUT2D eigenvalue weighted by atomic mass is 16.1. The fourth-order valence-electron chi connectivity index (χ4n) is 2.70. The molecule has 5 heteroatoms. The molecular weight excluding hydrogens is 300 g/mol. The fraction of sp³-hybridized carbons (Fsp3) is 0.211. The molecule has 2 aromatic heterocycles. The van der Waals surface area contributed by atoms with Gasteiger partial charge in [-0.3, -0.25) is 4.79 Å². The maximum Gasteiger partial charge on any atom is 0.237 e.